The summed E-state index contributed by atoms with van der Waals surface area (Å²) >= 11 is 0. The zero-order valence-electron chi connectivity index (χ0n) is 26.3. The SMILES string of the molecule is C=CC(=O)Cc1cc(-c2nc(Nc3ccc(OC)c(N4CCCCC4)c3)ncc2Cc2ccc(N3CCOCC3)cc2)ccc1F. The van der Waals surface area contributed by atoms with Crippen LogP contribution in [0.1, 0.15) is 36.0 Å². The number of rotatable bonds is 11. The Morgan fingerprint density at radius 1 is 0.978 bits per heavy atom. The van der Waals surface area contributed by atoms with Crippen molar-refractivity contribution in [3.63, 3.8) is 0 Å². The number of anilines is 4. The third-order valence-electron chi connectivity index (χ3n) is 8.61. The molecule has 2 fully saturated rings. The molecule has 3 aromatic carbocycles. The summed E-state index contributed by atoms with van der Waals surface area (Å²) in [5, 5.41) is 3.39. The number of benzene rings is 3. The van der Waals surface area contributed by atoms with Crippen molar-refractivity contribution in [2.45, 2.75) is 32.1 Å². The van der Waals surface area contributed by atoms with Crippen molar-refractivity contribution >= 4 is 28.8 Å². The van der Waals surface area contributed by atoms with E-state index in [1.807, 2.05) is 18.3 Å². The molecule has 2 saturated heterocycles. The number of methoxy groups -OCH3 is 1. The maximum Gasteiger partial charge on any atom is 0.227 e. The minimum Gasteiger partial charge on any atom is -0.495 e. The molecule has 0 bridgehead atoms. The molecule has 8 nitrogen and oxygen atoms in total. The number of aromatic nitrogens is 2. The number of hydrogen-bond donors (Lipinski definition) is 1. The first-order valence-electron chi connectivity index (χ1n) is 15.9. The summed E-state index contributed by atoms with van der Waals surface area (Å²) in [6, 6.07) is 19.3. The molecule has 2 aliphatic rings. The Morgan fingerprint density at radius 2 is 1.76 bits per heavy atom. The molecule has 4 aromatic rings. The molecule has 0 radical (unpaired) electrons. The van der Waals surface area contributed by atoms with E-state index in [1.165, 1.54) is 24.3 Å². The predicted molar refractivity (Wildman–Crippen MR) is 181 cm³/mol. The highest BCUT2D eigenvalue weighted by molar-refractivity contribution is 5.91. The van der Waals surface area contributed by atoms with Crippen LogP contribution >= 0.6 is 0 Å². The molecular formula is C37H40FN5O3. The molecule has 9 heteroatoms. The van der Waals surface area contributed by atoms with Gasteiger partial charge < -0.3 is 24.6 Å². The van der Waals surface area contributed by atoms with E-state index < -0.39 is 5.82 Å². The van der Waals surface area contributed by atoms with Crippen molar-refractivity contribution < 1.29 is 18.7 Å². The topological polar surface area (TPSA) is 79.8 Å². The normalized spacial score (nSPS) is 15.0. The Balaban J connectivity index is 1.32. The van der Waals surface area contributed by atoms with Gasteiger partial charge in [-0.25, -0.2) is 14.4 Å². The third kappa shape index (κ3) is 7.37. The van der Waals surface area contributed by atoms with Gasteiger partial charge in [-0.3, -0.25) is 4.79 Å². The van der Waals surface area contributed by atoms with E-state index >= 15 is 0 Å². The molecule has 0 unspecified atom stereocenters. The molecule has 2 aliphatic heterocycles. The highest BCUT2D eigenvalue weighted by Gasteiger charge is 2.18. The van der Waals surface area contributed by atoms with Crippen LogP contribution in [0.4, 0.5) is 27.4 Å². The van der Waals surface area contributed by atoms with Crippen LogP contribution in [-0.4, -0.2) is 62.3 Å². The van der Waals surface area contributed by atoms with E-state index in [4.69, 9.17) is 19.4 Å². The Bertz CT molecular complexity index is 1680. The number of nitrogens with one attached hydrogen (secondary N) is 1. The molecule has 3 heterocycles. The Labute approximate surface area is 269 Å². The monoisotopic (exact) mass is 621 g/mol. The molecule has 1 N–H and O–H groups in total. The van der Waals surface area contributed by atoms with Crippen molar-refractivity contribution in [3.05, 3.63) is 102 Å². The van der Waals surface area contributed by atoms with Gasteiger partial charge in [-0.2, -0.15) is 0 Å². The smallest absolute Gasteiger partial charge is 0.227 e. The first kappa shape index (κ1) is 31.2. The zero-order valence-corrected chi connectivity index (χ0v) is 26.3. The average molecular weight is 622 g/mol. The first-order chi connectivity index (χ1) is 22.5. The quantitative estimate of drug-likeness (QED) is 0.184. The summed E-state index contributed by atoms with van der Waals surface area (Å²) in [6.45, 7) is 8.74. The first-order valence-corrected chi connectivity index (χ1v) is 15.9. The van der Waals surface area contributed by atoms with Crippen molar-refractivity contribution in [1.29, 1.82) is 0 Å². The number of carbonyl (C=O) groups is 1. The summed E-state index contributed by atoms with van der Waals surface area (Å²) < 4.78 is 26.0. The highest BCUT2D eigenvalue weighted by atomic mass is 19.1. The third-order valence-corrected chi connectivity index (χ3v) is 8.61. The average Bonchev–Trinajstić information content (AvgIpc) is 3.11. The Kier molecular flexibility index (Phi) is 9.88. The van der Waals surface area contributed by atoms with Crippen LogP contribution in [0.25, 0.3) is 11.3 Å². The lowest BCUT2D eigenvalue weighted by molar-refractivity contribution is -0.114. The summed E-state index contributed by atoms with van der Waals surface area (Å²) in [5.41, 5.74) is 6.73. The maximum absolute atomic E-state index is 14.8. The zero-order chi connectivity index (χ0) is 31.9. The second-order valence-electron chi connectivity index (χ2n) is 11.7. The number of carbonyl (C=O) groups excluding carboxylic acids is 1. The number of morpholine rings is 1. The van der Waals surface area contributed by atoms with Gasteiger partial charge in [0.05, 0.1) is 31.7 Å². The van der Waals surface area contributed by atoms with Gasteiger partial charge in [-0.05, 0) is 85.0 Å². The molecule has 46 heavy (non-hydrogen) atoms. The lowest BCUT2D eigenvalue weighted by atomic mass is 9.98. The number of ketones is 1. The van der Waals surface area contributed by atoms with Crippen LogP contribution in [0, 0.1) is 5.82 Å². The fraction of sp³-hybridized carbons (Fsp3) is 0.324. The van der Waals surface area contributed by atoms with Crippen LogP contribution in [0.3, 0.4) is 0 Å². The van der Waals surface area contributed by atoms with Crippen LogP contribution < -0.4 is 19.9 Å². The molecule has 0 atom stereocenters. The second kappa shape index (κ2) is 14.6. The van der Waals surface area contributed by atoms with E-state index in [2.05, 4.69) is 52.0 Å². The lowest BCUT2D eigenvalue weighted by Crippen LogP contribution is -2.36. The van der Waals surface area contributed by atoms with Crippen LogP contribution in [-0.2, 0) is 22.4 Å². The lowest BCUT2D eigenvalue weighted by Gasteiger charge is -2.30. The van der Waals surface area contributed by atoms with Crippen molar-refractivity contribution in [3.8, 4) is 17.0 Å². The van der Waals surface area contributed by atoms with Gasteiger partial charge in [0.25, 0.3) is 0 Å². The van der Waals surface area contributed by atoms with E-state index in [-0.39, 0.29) is 12.2 Å². The van der Waals surface area contributed by atoms with Crippen molar-refractivity contribution in [2.24, 2.45) is 0 Å². The minimum absolute atomic E-state index is 0.0666. The molecule has 0 spiro atoms. The number of piperidine rings is 1. The fourth-order valence-corrected chi connectivity index (χ4v) is 6.11. The number of nitrogens with zero attached hydrogens (tertiary/aromatic N) is 4. The fourth-order valence-electron chi connectivity index (χ4n) is 6.11. The summed E-state index contributed by atoms with van der Waals surface area (Å²) in [5.74, 6) is 0.571. The molecule has 238 valence electrons. The second-order valence-corrected chi connectivity index (χ2v) is 11.7. The van der Waals surface area contributed by atoms with Crippen molar-refractivity contribution in [1.82, 2.24) is 9.97 Å². The van der Waals surface area contributed by atoms with Gasteiger partial charge in [0.15, 0.2) is 5.78 Å². The molecule has 0 aliphatic carbocycles. The van der Waals surface area contributed by atoms with Gasteiger partial charge in [0, 0.05) is 67.7 Å². The molecule has 0 saturated carbocycles. The van der Waals surface area contributed by atoms with Gasteiger partial charge in [-0.1, -0.05) is 18.7 Å². The Hall–Kier alpha value is -4.76. The largest absolute Gasteiger partial charge is 0.495 e. The number of hydrogen-bond acceptors (Lipinski definition) is 8. The molecule has 1 aromatic heterocycles. The number of allylic oxidation sites excluding steroid dienone is 1. The molecule has 6 rings (SSSR count). The summed E-state index contributed by atoms with van der Waals surface area (Å²) in [4.78, 5) is 26.5. The van der Waals surface area contributed by atoms with Crippen molar-refractivity contribution in [2.75, 3.05) is 61.6 Å². The molecule has 0 amide bonds. The van der Waals surface area contributed by atoms with Crippen LogP contribution in [0.15, 0.2) is 79.5 Å². The number of ether oxygens (including phenoxy) is 2. The van der Waals surface area contributed by atoms with Crippen LogP contribution in [0.2, 0.25) is 0 Å². The van der Waals surface area contributed by atoms with E-state index in [9.17, 15) is 9.18 Å². The predicted octanol–water partition coefficient (Wildman–Crippen LogP) is 6.75. The number of halogens is 1. The molecular weight excluding hydrogens is 581 g/mol. The van der Waals surface area contributed by atoms with E-state index in [0.29, 0.717) is 29.2 Å². The summed E-state index contributed by atoms with van der Waals surface area (Å²) in [7, 11) is 1.69. The minimum atomic E-state index is -0.435. The van der Waals surface area contributed by atoms with Gasteiger partial charge >= 0.3 is 0 Å². The van der Waals surface area contributed by atoms with Crippen LogP contribution in [0.5, 0.6) is 5.75 Å². The highest BCUT2D eigenvalue weighted by Crippen LogP contribution is 2.34. The maximum atomic E-state index is 14.8. The van der Waals surface area contributed by atoms with E-state index in [0.717, 1.165) is 80.5 Å². The Morgan fingerprint density at radius 3 is 2.50 bits per heavy atom. The van der Waals surface area contributed by atoms with Gasteiger partial charge in [0.1, 0.15) is 11.6 Å². The summed E-state index contributed by atoms with van der Waals surface area (Å²) in [6.07, 6.45) is 7.11. The van der Waals surface area contributed by atoms with E-state index in [1.54, 1.807) is 19.2 Å². The standard InChI is InChI=1S/C37H40FN5O3/c1-3-32(44)23-28-22-27(9-13-33(28)38)36-29(21-26-7-11-31(12-8-26)42-17-19-46-20-18-42)25-39-37(41-36)40-30-10-14-35(45-2)34(24-30)43-15-5-4-6-16-43/h3,7-14,22,24-25H,1,4-6,15-21,23H2,2H3,(H,39,40,41). The van der Waals surface area contributed by atoms with Gasteiger partial charge in [-0.15, -0.1) is 0 Å². The van der Waals surface area contributed by atoms with Gasteiger partial charge in [0.2, 0.25) is 5.95 Å².